The van der Waals surface area contributed by atoms with Crippen molar-refractivity contribution in [3.8, 4) is 0 Å². The van der Waals surface area contributed by atoms with Gasteiger partial charge < -0.3 is 20.1 Å². The maximum Gasteiger partial charge on any atom is 0.239 e. The normalized spacial score (nSPS) is 33.8. The summed E-state index contributed by atoms with van der Waals surface area (Å²) in [5.74, 6) is 0.977. The van der Waals surface area contributed by atoms with E-state index in [2.05, 4.69) is 24.5 Å². The van der Waals surface area contributed by atoms with Crippen molar-refractivity contribution in [1.82, 2.24) is 10.6 Å². The largest absolute Gasteiger partial charge is 0.378 e. The van der Waals surface area contributed by atoms with Gasteiger partial charge in [0, 0.05) is 25.6 Å². The van der Waals surface area contributed by atoms with E-state index in [9.17, 15) is 4.79 Å². The van der Waals surface area contributed by atoms with Gasteiger partial charge in [-0.15, -0.1) is 12.4 Å². The first-order chi connectivity index (χ1) is 9.09. The molecule has 2 unspecified atom stereocenters. The highest BCUT2D eigenvalue weighted by molar-refractivity contribution is 5.85. The molecule has 118 valence electrons. The standard InChI is InChI=1S/C14H26N2O3.ClH/c1-9(2)13-11(4-6-19-13)8-16-14(17)12-10(3)18-7-5-15-12;/h9-13,15H,4-8H2,1-3H3,(H,16,17);1H/t10-,11?,12+,13?;/m1./s1. The summed E-state index contributed by atoms with van der Waals surface area (Å²) < 4.78 is 11.2. The molecule has 0 radical (unpaired) electrons. The summed E-state index contributed by atoms with van der Waals surface area (Å²) in [7, 11) is 0. The third kappa shape index (κ3) is 4.32. The SMILES string of the molecule is CC(C)C1OCCC1CNC(=O)[C@H]1NCCO[C@@H]1C.Cl. The number of carbonyl (C=O) groups is 1. The Morgan fingerprint density at radius 2 is 2.10 bits per heavy atom. The summed E-state index contributed by atoms with van der Waals surface area (Å²) in [6.07, 6.45) is 1.25. The number of ether oxygens (including phenoxy) is 2. The van der Waals surface area contributed by atoms with Crippen molar-refractivity contribution in [2.24, 2.45) is 11.8 Å². The molecule has 2 aliphatic rings. The summed E-state index contributed by atoms with van der Waals surface area (Å²) >= 11 is 0. The predicted octanol–water partition coefficient (Wildman–Crippen LogP) is 0.962. The quantitative estimate of drug-likeness (QED) is 0.812. The second-order valence-electron chi connectivity index (χ2n) is 5.88. The Morgan fingerprint density at radius 3 is 2.75 bits per heavy atom. The Bertz CT molecular complexity index is 315. The fraction of sp³-hybridized carbons (Fsp3) is 0.929. The Balaban J connectivity index is 0.00000200. The van der Waals surface area contributed by atoms with E-state index in [0.717, 1.165) is 19.6 Å². The first-order valence-electron chi connectivity index (χ1n) is 7.34. The second-order valence-corrected chi connectivity index (χ2v) is 5.88. The number of hydrogen-bond acceptors (Lipinski definition) is 4. The van der Waals surface area contributed by atoms with Gasteiger partial charge in [0.1, 0.15) is 6.04 Å². The van der Waals surface area contributed by atoms with E-state index < -0.39 is 0 Å². The van der Waals surface area contributed by atoms with Crippen molar-refractivity contribution in [3.05, 3.63) is 0 Å². The number of hydrogen-bond donors (Lipinski definition) is 2. The van der Waals surface area contributed by atoms with Crippen LogP contribution in [0.2, 0.25) is 0 Å². The Hall–Kier alpha value is -0.360. The molecule has 2 rings (SSSR count). The number of nitrogens with one attached hydrogen (secondary N) is 2. The van der Waals surface area contributed by atoms with E-state index >= 15 is 0 Å². The lowest BCUT2D eigenvalue weighted by Crippen LogP contribution is -2.56. The fourth-order valence-electron chi connectivity index (χ4n) is 2.98. The van der Waals surface area contributed by atoms with Crippen LogP contribution in [0.25, 0.3) is 0 Å². The van der Waals surface area contributed by atoms with Crippen LogP contribution in [0.3, 0.4) is 0 Å². The molecule has 2 aliphatic heterocycles. The Labute approximate surface area is 127 Å². The minimum absolute atomic E-state index is 0. The highest BCUT2D eigenvalue weighted by Gasteiger charge is 2.33. The Morgan fingerprint density at radius 1 is 1.35 bits per heavy atom. The molecule has 0 aromatic rings. The average Bonchev–Trinajstić information content (AvgIpc) is 2.85. The van der Waals surface area contributed by atoms with E-state index in [-0.39, 0.29) is 36.6 Å². The van der Waals surface area contributed by atoms with E-state index in [1.807, 2.05) is 6.92 Å². The molecule has 0 saturated carbocycles. The summed E-state index contributed by atoms with van der Waals surface area (Å²) in [6.45, 7) is 9.20. The van der Waals surface area contributed by atoms with Gasteiger partial charge in [-0.25, -0.2) is 0 Å². The van der Waals surface area contributed by atoms with Crippen molar-refractivity contribution in [1.29, 1.82) is 0 Å². The number of halogens is 1. The highest BCUT2D eigenvalue weighted by Crippen LogP contribution is 2.26. The van der Waals surface area contributed by atoms with Gasteiger partial charge in [-0.1, -0.05) is 13.8 Å². The lowest BCUT2D eigenvalue weighted by atomic mass is 9.93. The molecule has 2 fully saturated rings. The van der Waals surface area contributed by atoms with E-state index in [0.29, 0.717) is 25.0 Å². The minimum atomic E-state index is -0.228. The maximum absolute atomic E-state index is 12.1. The number of amides is 1. The summed E-state index contributed by atoms with van der Waals surface area (Å²) in [4.78, 5) is 12.1. The molecule has 2 heterocycles. The van der Waals surface area contributed by atoms with Crippen LogP contribution in [0.1, 0.15) is 27.2 Å². The smallest absolute Gasteiger partial charge is 0.239 e. The first-order valence-corrected chi connectivity index (χ1v) is 7.34. The van der Waals surface area contributed by atoms with Crippen molar-refractivity contribution >= 4 is 18.3 Å². The van der Waals surface area contributed by atoms with Crippen LogP contribution >= 0.6 is 12.4 Å². The molecule has 20 heavy (non-hydrogen) atoms. The topological polar surface area (TPSA) is 59.6 Å². The molecule has 0 bridgehead atoms. The zero-order valence-corrected chi connectivity index (χ0v) is 13.4. The van der Waals surface area contributed by atoms with E-state index in [1.54, 1.807) is 0 Å². The van der Waals surface area contributed by atoms with Gasteiger partial charge in [-0.2, -0.15) is 0 Å². The second kappa shape index (κ2) is 8.17. The molecule has 1 amide bonds. The van der Waals surface area contributed by atoms with Gasteiger partial charge in [-0.05, 0) is 19.3 Å². The van der Waals surface area contributed by atoms with Gasteiger partial charge in [0.25, 0.3) is 0 Å². The van der Waals surface area contributed by atoms with Crippen LogP contribution in [-0.2, 0) is 14.3 Å². The maximum atomic E-state index is 12.1. The molecule has 4 atom stereocenters. The molecule has 0 aromatic heterocycles. The lowest BCUT2D eigenvalue weighted by molar-refractivity contribution is -0.129. The van der Waals surface area contributed by atoms with Crippen LogP contribution in [-0.4, -0.2) is 50.5 Å². The predicted molar refractivity (Wildman–Crippen MR) is 80.1 cm³/mol. The molecule has 6 heteroatoms. The summed E-state index contributed by atoms with van der Waals surface area (Å²) in [5.41, 5.74) is 0. The van der Waals surface area contributed by atoms with E-state index in [1.165, 1.54) is 0 Å². The molecular formula is C14H27ClN2O3. The molecule has 0 spiro atoms. The Kier molecular flexibility index (Phi) is 7.23. The van der Waals surface area contributed by atoms with Gasteiger partial charge in [0.15, 0.2) is 0 Å². The van der Waals surface area contributed by atoms with Crippen molar-refractivity contribution in [3.63, 3.8) is 0 Å². The minimum Gasteiger partial charge on any atom is -0.378 e. The van der Waals surface area contributed by atoms with Crippen molar-refractivity contribution in [2.75, 3.05) is 26.3 Å². The van der Waals surface area contributed by atoms with Crippen LogP contribution in [0.5, 0.6) is 0 Å². The van der Waals surface area contributed by atoms with Crippen LogP contribution in [0, 0.1) is 11.8 Å². The summed E-state index contributed by atoms with van der Waals surface area (Å²) in [6, 6.07) is -0.228. The number of morpholine rings is 1. The van der Waals surface area contributed by atoms with Crippen LogP contribution in [0.15, 0.2) is 0 Å². The molecule has 2 saturated heterocycles. The van der Waals surface area contributed by atoms with Gasteiger partial charge >= 0.3 is 0 Å². The third-order valence-electron chi connectivity index (χ3n) is 4.06. The number of rotatable bonds is 4. The zero-order valence-electron chi connectivity index (χ0n) is 12.6. The average molecular weight is 307 g/mol. The summed E-state index contributed by atoms with van der Waals surface area (Å²) in [5, 5.41) is 6.26. The number of carbonyl (C=O) groups excluding carboxylic acids is 1. The van der Waals surface area contributed by atoms with Crippen LogP contribution in [0.4, 0.5) is 0 Å². The highest BCUT2D eigenvalue weighted by atomic mass is 35.5. The molecule has 0 aliphatic carbocycles. The van der Waals surface area contributed by atoms with Crippen molar-refractivity contribution in [2.45, 2.75) is 45.4 Å². The van der Waals surface area contributed by atoms with Gasteiger partial charge in [0.05, 0.1) is 18.8 Å². The van der Waals surface area contributed by atoms with Crippen molar-refractivity contribution < 1.29 is 14.3 Å². The molecular weight excluding hydrogens is 280 g/mol. The van der Waals surface area contributed by atoms with Gasteiger partial charge in [0.2, 0.25) is 5.91 Å². The van der Waals surface area contributed by atoms with Crippen LogP contribution < -0.4 is 10.6 Å². The molecule has 2 N–H and O–H groups in total. The third-order valence-corrected chi connectivity index (χ3v) is 4.06. The molecule has 5 nitrogen and oxygen atoms in total. The molecule has 0 aromatic carbocycles. The fourth-order valence-corrected chi connectivity index (χ4v) is 2.98. The lowest BCUT2D eigenvalue weighted by Gasteiger charge is -2.30. The first kappa shape index (κ1) is 17.7. The monoisotopic (exact) mass is 306 g/mol. The van der Waals surface area contributed by atoms with E-state index in [4.69, 9.17) is 9.47 Å². The zero-order chi connectivity index (χ0) is 13.8. The van der Waals surface area contributed by atoms with Gasteiger partial charge in [-0.3, -0.25) is 4.79 Å².